The zero-order valence-corrected chi connectivity index (χ0v) is 16.2. The van der Waals surface area contributed by atoms with Crippen LogP contribution in [0.5, 0.6) is 5.75 Å². The van der Waals surface area contributed by atoms with Gasteiger partial charge in [-0.15, -0.1) is 0 Å². The van der Waals surface area contributed by atoms with Gasteiger partial charge in [0, 0.05) is 24.4 Å². The Hall–Kier alpha value is -2.53. The molecule has 1 aliphatic heterocycles. The number of anilines is 1. The molecule has 2 aromatic rings. The van der Waals surface area contributed by atoms with Crippen molar-refractivity contribution in [1.82, 2.24) is 4.90 Å². The standard InChI is InChI=1S/C23H28N2O3/c26-22-13-4-2-8-18(22)15-25(16-19-10-6-14-28-19)23(27)24-21-12-5-9-17-7-1-3-11-20(17)21/h2,4-5,8-9,12-13,19,26H,1,3,6-7,10-11,14-16H2,(H,24,27)/t19-/m0/s1. The lowest BCUT2D eigenvalue weighted by Gasteiger charge is -2.27. The van der Waals surface area contributed by atoms with Crippen molar-refractivity contribution in [3.63, 3.8) is 0 Å². The number of nitrogens with one attached hydrogen (secondary N) is 1. The van der Waals surface area contributed by atoms with Crippen LogP contribution in [0.25, 0.3) is 0 Å². The molecule has 2 aromatic carbocycles. The molecular formula is C23H28N2O3. The topological polar surface area (TPSA) is 61.8 Å². The lowest BCUT2D eigenvalue weighted by atomic mass is 9.90. The minimum atomic E-state index is -0.141. The van der Waals surface area contributed by atoms with E-state index in [1.54, 1.807) is 17.0 Å². The van der Waals surface area contributed by atoms with Crippen LogP contribution in [0, 0.1) is 0 Å². The maximum Gasteiger partial charge on any atom is 0.322 e. The average molecular weight is 380 g/mol. The number of urea groups is 1. The molecule has 2 amide bonds. The van der Waals surface area contributed by atoms with E-state index in [1.165, 1.54) is 17.5 Å². The zero-order chi connectivity index (χ0) is 19.3. The van der Waals surface area contributed by atoms with E-state index in [1.807, 2.05) is 24.3 Å². The van der Waals surface area contributed by atoms with E-state index in [4.69, 9.17) is 4.74 Å². The van der Waals surface area contributed by atoms with E-state index in [0.717, 1.165) is 50.0 Å². The second-order valence-electron chi connectivity index (χ2n) is 7.72. The third kappa shape index (κ3) is 4.30. The molecule has 5 nitrogen and oxygen atoms in total. The van der Waals surface area contributed by atoms with Crippen molar-refractivity contribution in [3.8, 4) is 5.75 Å². The highest BCUT2D eigenvalue weighted by Crippen LogP contribution is 2.28. The second kappa shape index (κ2) is 8.65. The first-order chi connectivity index (χ1) is 13.7. The molecule has 1 saturated heterocycles. The molecule has 2 N–H and O–H groups in total. The van der Waals surface area contributed by atoms with E-state index in [2.05, 4.69) is 11.4 Å². The molecule has 1 heterocycles. The Labute approximate surface area is 166 Å². The largest absolute Gasteiger partial charge is 0.508 e. The zero-order valence-electron chi connectivity index (χ0n) is 16.2. The number of para-hydroxylation sites is 1. The second-order valence-corrected chi connectivity index (χ2v) is 7.72. The van der Waals surface area contributed by atoms with Gasteiger partial charge >= 0.3 is 6.03 Å². The average Bonchev–Trinajstić information content (AvgIpc) is 3.22. The van der Waals surface area contributed by atoms with Gasteiger partial charge in [0.1, 0.15) is 5.75 Å². The number of nitrogens with zero attached hydrogens (tertiary/aromatic N) is 1. The van der Waals surface area contributed by atoms with E-state index in [9.17, 15) is 9.90 Å². The Morgan fingerprint density at radius 3 is 2.79 bits per heavy atom. The molecule has 4 rings (SSSR count). The van der Waals surface area contributed by atoms with Gasteiger partial charge in [-0.3, -0.25) is 0 Å². The molecule has 28 heavy (non-hydrogen) atoms. The lowest BCUT2D eigenvalue weighted by Crippen LogP contribution is -2.40. The van der Waals surface area contributed by atoms with Crippen LogP contribution in [0.3, 0.4) is 0 Å². The fourth-order valence-corrected chi connectivity index (χ4v) is 4.20. The first-order valence-corrected chi connectivity index (χ1v) is 10.3. The number of phenolic OH excluding ortho intramolecular Hbond substituents is 1. The summed E-state index contributed by atoms with van der Waals surface area (Å²) in [5.41, 5.74) is 4.26. The normalized spacial score (nSPS) is 18.5. The Morgan fingerprint density at radius 1 is 1.11 bits per heavy atom. The Morgan fingerprint density at radius 2 is 1.96 bits per heavy atom. The van der Waals surface area contributed by atoms with Gasteiger partial charge in [0.15, 0.2) is 0 Å². The molecule has 5 heteroatoms. The fraction of sp³-hybridized carbons (Fsp3) is 0.435. The molecule has 0 unspecified atom stereocenters. The highest BCUT2D eigenvalue weighted by Gasteiger charge is 2.24. The summed E-state index contributed by atoms with van der Waals surface area (Å²) >= 11 is 0. The molecule has 148 valence electrons. The Balaban J connectivity index is 1.53. The maximum atomic E-state index is 13.2. The molecule has 0 bridgehead atoms. The summed E-state index contributed by atoms with van der Waals surface area (Å²) in [6.07, 6.45) is 6.52. The van der Waals surface area contributed by atoms with Gasteiger partial charge < -0.3 is 20.1 Å². The number of phenols is 1. The maximum absolute atomic E-state index is 13.2. The summed E-state index contributed by atoms with van der Waals surface area (Å²) in [4.78, 5) is 14.9. The van der Waals surface area contributed by atoms with Gasteiger partial charge in [-0.05, 0) is 61.8 Å². The molecule has 0 spiro atoms. The third-order valence-corrected chi connectivity index (χ3v) is 5.73. The van der Waals surface area contributed by atoms with Crippen molar-refractivity contribution in [2.45, 2.75) is 51.2 Å². The number of aryl methyl sites for hydroxylation is 1. The van der Waals surface area contributed by atoms with Crippen molar-refractivity contribution in [2.75, 3.05) is 18.5 Å². The SMILES string of the molecule is O=C(Nc1cccc2c1CCCC2)N(Cc1ccccc1O)C[C@@H]1CCCO1. The van der Waals surface area contributed by atoms with Gasteiger partial charge in [0.2, 0.25) is 0 Å². The van der Waals surface area contributed by atoms with E-state index < -0.39 is 0 Å². The van der Waals surface area contributed by atoms with Crippen LogP contribution in [-0.2, 0) is 24.1 Å². The summed E-state index contributed by atoms with van der Waals surface area (Å²) in [7, 11) is 0. The molecule has 0 saturated carbocycles. The van der Waals surface area contributed by atoms with Crippen LogP contribution in [-0.4, -0.2) is 35.3 Å². The summed E-state index contributed by atoms with van der Waals surface area (Å²) in [6, 6.07) is 13.2. The van der Waals surface area contributed by atoms with E-state index >= 15 is 0 Å². The van der Waals surface area contributed by atoms with Crippen molar-refractivity contribution in [3.05, 3.63) is 59.2 Å². The number of carbonyl (C=O) groups excluding carboxylic acids is 1. The molecule has 1 fully saturated rings. The summed E-state index contributed by atoms with van der Waals surface area (Å²) in [5.74, 6) is 0.213. The highest BCUT2D eigenvalue weighted by atomic mass is 16.5. The van der Waals surface area contributed by atoms with Crippen LogP contribution in [0.4, 0.5) is 10.5 Å². The highest BCUT2D eigenvalue weighted by molar-refractivity contribution is 5.90. The number of fused-ring (bicyclic) bond motifs is 1. The predicted octanol–water partition coefficient (Wildman–Crippen LogP) is 4.48. The first kappa shape index (κ1) is 18.8. The number of rotatable bonds is 5. The van der Waals surface area contributed by atoms with Crippen LogP contribution < -0.4 is 5.32 Å². The molecule has 2 aliphatic rings. The third-order valence-electron chi connectivity index (χ3n) is 5.73. The molecule has 1 atom stereocenters. The quantitative estimate of drug-likeness (QED) is 0.804. The smallest absolute Gasteiger partial charge is 0.322 e. The number of hydrogen-bond acceptors (Lipinski definition) is 3. The summed E-state index contributed by atoms with van der Waals surface area (Å²) < 4.78 is 5.76. The summed E-state index contributed by atoms with van der Waals surface area (Å²) in [6.45, 7) is 1.63. The minimum absolute atomic E-state index is 0.0568. The lowest BCUT2D eigenvalue weighted by molar-refractivity contribution is 0.0817. The summed E-state index contributed by atoms with van der Waals surface area (Å²) in [5, 5.41) is 13.3. The molecular weight excluding hydrogens is 352 g/mol. The van der Waals surface area contributed by atoms with Crippen LogP contribution in [0.1, 0.15) is 42.4 Å². The Bertz CT molecular complexity index is 830. The van der Waals surface area contributed by atoms with Crippen LogP contribution in [0.15, 0.2) is 42.5 Å². The first-order valence-electron chi connectivity index (χ1n) is 10.3. The fourth-order valence-electron chi connectivity index (χ4n) is 4.20. The van der Waals surface area contributed by atoms with Crippen molar-refractivity contribution in [2.24, 2.45) is 0 Å². The predicted molar refractivity (Wildman–Crippen MR) is 110 cm³/mol. The van der Waals surface area contributed by atoms with Crippen LogP contribution in [0.2, 0.25) is 0 Å². The van der Waals surface area contributed by atoms with Gasteiger partial charge in [-0.2, -0.15) is 0 Å². The number of benzene rings is 2. The van der Waals surface area contributed by atoms with Gasteiger partial charge in [0.25, 0.3) is 0 Å². The van der Waals surface area contributed by atoms with E-state index in [-0.39, 0.29) is 17.9 Å². The monoisotopic (exact) mass is 380 g/mol. The number of hydrogen-bond donors (Lipinski definition) is 2. The number of ether oxygens (including phenoxy) is 1. The molecule has 0 aromatic heterocycles. The van der Waals surface area contributed by atoms with Crippen molar-refractivity contribution < 1.29 is 14.6 Å². The van der Waals surface area contributed by atoms with Gasteiger partial charge in [-0.25, -0.2) is 4.79 Å². The number of carbonyl (C=O) groups is 1. The minimum Gasteiger partial charge on any atom is -0.508 e. The molecule has 0 radical (unpaired) electrons. The van der Waals surface area contributed by atoms with Crippen LogP contribution >= 0.6 is 0 Å². The van der Waals surface area contributed by atoms with E-state index in [0.29, 0.717) is 13.1 Å². The van der Waals surface area contributed by atoms with Gasteiger partial charge in [-0.1, -0.05) is 30.3 Å². The van der Waals surface area contributed by atoms with Crippen molar-refractivity contribution in [1.29, 1.82) is 0 Å². The van der Waals surface area contributed by atoms with Crippen molar-refractivity contribution >= 4 is 11.7 Å². The Kier molecular flexibility index (Phi) is 5.81. The molecule has 1 aliphatic carbocycles. The number of aromatic hydroxyl groups is 1. The van der Waals surface area contributed by atoms with Gasteiger partial charge in [0.05, 0.1) is 12.6 Å². The number of amides is 2.